The number of hydrogen-bond donors (Lipinski definition) is 0. The molecule has 118 valence electrons. The summed E-state index contributed by atoms with van der Waals surface area (Å²) in [6.07, 6.45) is 3.65. The highest BCUT2D eigenvalue weighted by atomic mass is 35.5. The van der Waals surface area contributed by atoms with Crippen LogP contribution in [-0.2, 0) is 0 Å². The summed E-state index contributed by atoms with van der Waals surface area (Å²) in [5, 5.41) is 2.42. The second-order valence-corrected chi connectivity index (χ2v) is 6.24. The molecule has 2 heterocycles. The van der Waals surface area contributed by atoms with Crippen molar-refractivity contribution in [2.45, 2.75) is 0 Å². The number of hydrogen-bond acceptors (Lipinski definition) is 4. The second-order valence-electron chi connectivity index (χ2n) is 5.01. The monoisotopic (exact) mass is 353 g/mol. The van der Waals surface area contributed by atoms with Crippen molar-refractivity contribution in [2.24, 2.45) is 4.99 Å². The van der Waals surface area contributed by atoms with Crippen molar-refractivity contribution in [3.63, 3.8) is 0 Å². The molecule has 0 fully saturated rings. The zero-order valence-corrected chi connectivity index (χ0v) is 14.0. The van der Waals surface area contributed by atoms with Gasteiger partial charge in [0.1, 0.15) is 17.2 Å². The van der Waals surface area contributed by atoms with Crippen molar-refractivity contribution in [1.82, 2.24) is 9.38 Å². The van der Waals surface area contributed by atoms with Gasteiger partial charge in [-0.25, -0.2) is 4.98 Å². The van der Waals surface area contributed by atoms with Crippen LogP contribution in [0.3, 0.4) is 0 Å². The summed E-state index contributed by atoms with van der Waals surface area (Å²) in [6, 6.07) is 17.2. The molecule has 0 bridgehead atoms. The van der Waals surface area contributed by atoms with E-state index in [9.17, 15) is 0 Å². The third kappa shape index (κ3) is 3.04. The lowest BCUT2D eigenvalue weighted by molar-refractivity contribution is 0.483. The molecule has 0 aliphatic carbocycles. The van der Waals surface area contributed by atoms with Crippen LogP contribution < -0.4 is 4.74 Å². The Morgan fingerprint density at radius 1 is 1.04 bits per heavy atom. The molecule has 0 saturated carbocycles. The van der Waals surface area contributed by atoms with Crippen molar-refractivity contribution < 1.29 is 4.74 Å². The summed E-state index contributed by atoms with van der Waals surface area (Å²) in [6.45, 7) is 0. The van der Waals surface area contributed by atoms with Gasteiger partial charge in [-0.15, -0.1) is 11.3 Å². The first kappa shape index (κ1) is 14.9. The number of para-hydroxylation sites is 1. The van der Waals surface area contributed by atoms with Crippen LogP contribution >= 0.6 is 22.9 Å². The molecule has 0 radical (unpaired) electrons. The molecular formula is C18H12ClN3OS. The van der Waals surface area contributed by atoms with Crippen molar-refractivity contribution in [3.05, 3.63) is 77.0 Å². The van der Waals surface area contributed by atoms with E-state index >= 15 is 0 Å². The number of halogens is 1. The topological polar surface area (TPSA) is 38.9 Å². The Morgan fingerprint density at radius 3 is 2.58 bits per heavy atom. The maximum absolute atomic E-state index is 6.15. The highest BCUT2D eigenvalue weighted by Gasteiger charge is 2.08. The summed E-state index contributed by atoms with van der Waals surface area (Å²) in [5.41, 5.74) is 1.59. The smallest absolute Gasteiger partial charge is 0.195 e. The van der Waals surface area contributed by atoms with Gasteiger partial charge in [-0.1, -0.05) is 29.8 Å². The first-order chi connectivity index (χ1) is 11.8. The first-order valence-electron chi connectivity index (χ1n) is 7.28. The van der Waals surface area contributed by atoms with Crippen LogP contribution in [0, 0.1) is 0 Å². The van der Waals surface area contributed by atoms with Crippen LogP contribution in [0.4, 0.5) is 5.69 Å². The Kier molecular flexibility index (Phi) is 4.02. The van der Waals surface area contributed by atoms with Crippen LogP contribution in [0.15, 0.2) is 71.2 Å². The Labute approximate surface area is 147 Å². The van der Waals surface area contributed by atoms with Crippen LogP contribution in [0.2, 0.25) is 5.15 Å². The van der Waals surface area contributed by atoms with E-state index in [0.29, 0.717) is 5.15 Å². The quantitative estimate of drug-likeness (QED) is 0.448. The molecule has 0 atom stereocenters. The maximum Gasteiger partial charge on any atom is 0.195 e. The summed E-state index contributed by atoms with van der Waals surface area (Å²) in [5.74, 6) is 1.57. The highest BCUT2D eigenvalue weighted by molar-refractivity contribution is 7.15. The predicted octanol–water partition coefficient (Wildman–Crippen LogP) is 5.59. The fourth-order valence-electron chi connectivity index (χ4n) is 2.25. The van der Waals surface area contributed by atoms with E-state index in [0.717, 1.165) is 27.8 Å². The van der Waals surface area contributed by atoms with Gasteiger partial charge in [0.2, 0.25) is 0 Å². The van der Waals surface area contributed by atoms with Gasteiger partial charge >= 0.3 is 0 Å². The predicted molar refractivity (Wildman–Crippen MR) is 98.3 cm³/mol. The van der Waals surface area contributed by atoms with Gasteiger partial charge in [0.25, 0.3) is 0 Å². The minimum Gasteiger partial charge on any atom is -0.457 e. The average Bonchev–Trinajstić information content (AvgIpc) is 3.16. The Morgan fingerprint density at radius 2 is 1.79 bits per heavy atom. The van der Waals surface area contributed by atoms with Crippen LogP contribution in [0.5, 0.6) is 11.5 Å². The van der Waals surface area contributed by atoms with Crippen molar-refractivity contribution in [1.29, 1.82) is 0 Å². The Hall–Kier alpha value is -2.63. The van der Waals surface area contributed by atoms with Crippen molar-refractivity contribution in [3.8, 4) is 11.5 Å². The molecule has 0 unspecified atom stereocenters. The number of nitrogens with zero attached hydrogens (tertiary/aromatic N) is 3. The van der Waals surface area contributed by atoms with E-state index in [1.807, 2.05) is 70.6 Å². The van der Waals surface area contributed by atoms with Crippen molar-refractivity contribution >= 4 is 39.8 Å². The molecule has 0 amide bonds. The fourth-order valence-corrected chi connectivity index (χ4v) is 3.24. The van der Waals surface area contributed by atoms with Gasteiger partial charge in [0, 0.05) is 11.6 Å². The van der Waals surface area contributed by atoms with E-state index in [1.54, 1.807) is 6.21 Å². The lowest BCUT2D eigenvalue weighted by atomic mass is 10.3. The lowest BCUT2D eigenvalue weighted by Crippen LogP contribution is -1.87. The summed E-state index contributed by atoms with van der Waals surface area (Å²) in [4.78, 5) is 9.60. The molecule has 0 N–H and O–H groups in total. The van der Waals surface area contributed by atoms with Gasteiger partial charge in [-0.3, -0.25) is 9.39 Å². The van der Waals surface area contributed by atoms with Crippen LogP contribution in [0.25, 0.3) is 4.96 Å². The summed E-state index contributed by atoms with van der Waals surface area (Å²) >= 11 is 7.69. The molecule has 2 aromatic carbocycles. The molecule has 6 heteroatoms. The third-order valence-corrected chi connectivity index (χ3v) is 4.44. The van der Waals surface area contributed by atoms with Gasteiger partial charge in [0.05, 0.1) is 11.9 Å². The molecule has 4 aromatic rings. The highest BCUT2D eigenvalue weighted by Crippen LogP contribution is 2.24. The molecule has 0 aliphatic heterocycles. The first-order valence-corrected chi connectivity index (χ1v) is 8.53. The van der Waals surface area contributed by atoms with E-state index in [-0.39, 0.29) is 0 Å². The molecular weight excluding hydrogens is 342 g/mol. The van der Waals surface area contributed by atoms with Gasteiger partial charge in [-0.2, -0.15) is 0 Å². The minimum atomic E-state index is 0.453. The van der Waals surface area contributed by atoms with E-state index in [1.165, 1.54) is 11.3 Å². The molecule has 24 heavy (non-hydrogen) atoms. The number of fused-ring (bicyclic) bond motifs is 1. The van der Waals surface area contributed by atoms with Crippen LogP contribution in [-0.4, -0.2) is 15.6 Å². The number of ether oxygens (including phenoxy) is 1. The Balaban J connectivity index is 1.53. The van der Waals surface area contributed by atoms with Crippen LogP contribution in [0.1, 0.15) is 5.69 Å². The maximum atomic E-state index is 6.15. The number of benzene rings is 2. The molecule has 4 rings (SSSR count). The van der Waals surface area contributed by atoms with E-state index < -0.39 is 0 Å². The lowest BCUT2D eigenvalue weighted by Gasteiger charge is -2.05. The molecule has 4 nitrogen and oxygen atoms in total. The minimum absolute atomic E-state index is 0.453. The molecule has 0 saturated heterocycles. The Bertz CT molecular complexity index is 990. The fraction of sp³-hybridized carbons (Fsp3) is 0. The summed E-state index contributed by atoms with van der Waals surface area (Å²) in [7, 11) is 0. The normalized spacial score (nSPS) is 11.4. The number of aromatic nitrogens is 2. The molecule has 0 aliphatic rings. The largest absolute Gasteiger partial charge is 0.457 e. The molecule has 2 aromatic heterocycles. The SMILES string of the molecule is Clc1nc2sccn2c1C=Nc1ccc(Oc2ccccc2)cc1. The van der Waals surface area contributed by atoms with Gasteiger partial charge < -0.3 is 4.74 Å². The number of rotatable bonds is 4. The molecule has 0 spiro atoms. The van der Waals surface area contributed by atoms with E-state index in [2.05, 4.69) is 9.98 Å². The number of thiazole rings is 1. The van der Waals surface area contributed by atoms with Gasteiger partial charge in [0.15, 0.2) is 10.1 Å². The van der Waals surface area contributed by atoms with Gasteiger partial charge in [-0.05, 0) is 36.4 Å². The third-order valence-electron chi connectivity index (χ3n) is 3.41. The standard InChI is InChI=1S/C18H12ClN3OS/c19-17-16(22-10-11-24-18(22)21-17)12-20-13-6-8-15(9-7-13)23-14-4-2-1-3-5-14/h1-12H. The number of imidazole rings is 1. The van der Waals surface area contributed by atoms with Crippen molar-refractivity contribution in [2.75, 3.05) is 0 Å². The van der Waals surface area contributed by atoms with E-state index in [4.69, 9.17) is 16.3 Å². The summed E-state index contributed by atoms with van der Waals surface area (Å²) < 4.78 is 7.68. The zero-order valence-electron chi connectivity index (χ0n) is 12.5. The average molecular weight is 354 g/mol. The second kappa shape index (κ2) is 6.47. The zero-order chi connectivity index (χ0) is 16.4. The number of aliphatic imine (C=N–C) groups is 1.